The molecule has 0 fully saturated rings. The molecule has 0 radical (unpaired) electrons. The number of aryl methyl sites for hydroxylation is 3. The zero-order chi connectivity index (χ0) is 28.9. The molecular formula is C29H39N3O7. The van der Waals surface area contributed by atoms with Gasteiger partial charge in [0.15, 0.2) is 11.5 Å². The van der Waals surface area contributed by atoms with Crippen LogP contribution in [0.1, 0.15) is 56.4 Å². The van der Waals surface area contributed by atoms with Crippen molar-refractivity contribution in [2.45, 2.75) is 78.5 Å². The monoisotopic (exact) mass is 541 g/mol. The molecule has 3 amide bonds. The average molecular weight is 542 g/mol. The molecular weight excluding hydrogens is 502 g/mol. The minimum absolute atomic E-state index is 0.115. The number of nitrogens with one attached hydrogen (secondary N) is 1. The standard InChI is InChI=1S/C29H39N3O7/c1-17-12-21(33)13-18(2)22(17)15-23(31-28(36)39-29(4,5)6)27(35)32(19(3)26(30)34)11-7-8-20-9-10-24-25(14-20)38-16-37-24/h9-10,12-14,19,23,33H,7-8,11,15-16H2,1-6H3,(H2,30,34)(H,31,36)/t19-,23?/m1/s1. The molecule has 39 heavy (non-hydrogen) atoms. The maximum Gasteiger partial charge on any atom is 0.408 e. The number of ether oxygens (including phenoxy) is 3. The number of hydrogen-bond acceptors (Lipinski definition) is 7. The number of fused-ring (bicyclic) bond motifs is 1. The van der Waals surface area contributed by atoms with Gasteiger partial charge in [-0.2, -0.15) is 0 Å². The van der Waals surface area contributed by atoms with Gasteiger partial charge in [-0.25, -0.2) is 4.79 Å². The van der Waals surface area contributed by atoms with E-state index in [9.17, 15) is 19.5 Å². The highest BCUT2D eigenvalue weighted by molar-refractivity contribution is 5.91. The van der Waals surface area contributed by atoms with Crippen molar-refractivity contribution < 1.29 is 33.7 Å². The number of carbonyl (C=O) groups is 3. The highest BCUT2D eigenvalue weighted by Crippen LogP contribution is 2.33. The first-order chi connectivity index (χ1) is 18.2. The summed E-state index contributed by atoms with van der Waals surface area (Å²) >= 11 is 0. The Morgan fingerprint density at radius 1 is 1.10 bits per heavy atom. The predicted octanol–water partition coefficient (Wildman–Crippen LogP) is 3.51. The van der Waals surface area contributed by atoms with Gasteiger partial charge in [-0.15, -0.1) is 0 Å². The summed E-state index contributed by atoms with van der Waals surface area (Å²) in [6, 6.07) is 6.94. The average Bonchev–Trinajstić information content (AvgIpc) is 3.29. The third-order valence-corrected chi connectivity index (χ3v) is 6.54. The number of rotatable bonds is 10. The molecule has 1 aliphatic rings. The summed E-state index contributed by atoms with van der Waals surface area (Å²) in [6.45, 7) is 10.8. The smallest absolute Gasteiger partial charge is 0.408 e. The van der Waals surface area contributed by atoms with Gasteiger partial charge in [-0.1, -0.05) is 6.07 Å². The highest BCUT2D eigenvalue weighted by Gasteiger charge is 2.33. The molecule has 10 nitrogen and oxygen atoms in total. The van der Waals surface area contributed by atoms with Crippen molar-refractivity contribution >= 4 is 17.9 Å². The van der Waals surface area contributed by atoms with Crippen molar-refractivity contribution in [2.24, 2.45) is 5.73 Å². The molecule has 0 aromatic heterocycles. The van der Waals surface area contributed by atoms with Crippen LogP contribution in [0.5, 0.6) is 17.2 Å². The fraction of sp³-hybridized carbons (Fsp3) is 0.483. The molecule has 3 rings (SSSR count). The first-order valence-corrected chi connectivity index (χ1v) is 13.0. The van der Waals surface area contributed by atoms with Crippen LogP contribution in [0.4, 0.5) is 4.79 Å². The zero-order valence-electron chi connectivity index (χ0n) is 23.5. The molecule has 1 heterocycles. The van der Waals surface area contributed by atoms with E-state index in [2.05, 4.69) is 5.32 Å². The van der Waals surface area contributed by atoms with E-state index in [1.165, 1.54) is 4.90 Å². The van der Waals surface area contributed by atoms with Gasteiger partial charge in [0.05, 0.1) is 0 Å². The third kappa shape index (κ3) is 8.02. The van der Waals surface area contributed by atoms with Crippen LogP contribution in [0, 0.1) is 13.8 Å². The van der Waals surface area contributed by atoms with Gasteiger partial charge in [-0.3, -0.25) is 9.59 Å². The molecule has 1 unspecified atom stereocenters. The summed E-state index contributed by atoms with van der Waals surface area (Å²) in [4.78, 5) is 40.3. The van der Waals surface area contributed by atoms with Gasteiger partial charge in [-0.05, 0) is 101 Å². The summed E-state index contributed by atoms with van der Waals surface area (Å²) < 4.78 is 16.2. The lowest BCUT2D eigenvalue weighted by Crippen LogP contribution is -2.55. The van der Waals surface area contributed by atoms with Crippen LogP contribution in [-0.2, 0) is 27.2 Å². The quantitative estimate of drug-likeness (QED) is 0.418. The van der Waals surface area contributed by atoms with E-state index in [0.717, 1.165) is 22.3 Å². The molecule has 0 aliphatic carbocycles. The van der Waals surface area contributed by atoms with Crippen LogP contribution < -0.4 is 20.5 Å². The van der Waals surface area contributed by atoms with E-state index >= 15 is 0 Å². The van der Waals surface area contributed by atoms with Crippen molar-refractivity contribution in [1.29, 1.82) is 0 Å². The number of nitrogens with two attached hydrogens (primary N) is 1. The van der Waals surface area contributed by atoms with E-state index < -0.39 is 35.6 Å². The lowest BCUT2D eigenvalue weighted by molar-refractivity contribution is -0.140. The normalized spacial score (nSPS) is 13.9. The number of primary amides is 1. The van der Waals surface area contributed by atoms with Crippen LogP contribution in [-0.4, -0.2) is 58.9 Å². The Bertz CT molecular complexity index is 1200. The van der Waals surface area contributed by atoms with Crippen molar-refractivity contribution in [2.75, 3.05) is 13.3 Å². The van der Waals surface area contributed by atoms with Gasteiger partial charge in [0.1, 0.15) is 23.4 Å². The van der Waals surface area contributed by atoms with Crippen LogP contribution >= 0.6 is 0 Å². The van der Waals surface area contributed by atoms with Gasteiger partial charge in [0, 0.05) is 13.0 Å². The number of nitrogens with zero attached hydrogens (tertiary/aromatic N) is 1. The predicted molar refractivity (Wildman–Crippen MR) is 146 cm³/mol. The van der Waals surface area contributed by atoms with E-state index in [0.29, 0.717) is 24.3 Å². The Balaban J connectivity index is 1.84. The number of alkyl carbamates (subject to hydrolysis) is 1. The van der Waals surface area contributed by atoms with Crippen LogP contribution in [0.2, 0.25) is 0 Å². The second-order valence-corrected chi connectivity index (χ2v) is 10.9. The van der Waals surface area contributed by atoms with E-state index in [1.807, 2.05) is 32.0 Å². The molecule has 212 valence electrons. The second kappa shape index (κ2) is 12.3. The van der Waals surface area contributed by atoms with Crippen LogP contribution in [0.25, 0.3) is 0 Å². The summed E-state index contributed by atoms with van der Waals surface area (Å²) in [5, 5.41) is 12.7. The molecule has 0 saturated heterocycles. The molecule has 10 heteroatoms. The molecule has 0 bridgehead atoms. The number of hydrogen-bond donors (Lipinski definition) is 3. The maximum absolute atomic E-state index is 13.9. The first-order valence-electron chi connectivity index (χ1n) is 13.0. The molecule has 2 aromatic carbocycles. The second-order valence-electron chi connectivity index (χ2n) is 10.9. The van der Waals surface area contributed by atoms with Crippen molar-refractivity contribution in [3.05, 3.63) is 52.6 Å². The summed E-state index contributed by atoms with van der Waals surface area (Å²) in [5.74, 6) is 0.370. The van der Waals surface area contributed by atoms with Gasteiger partial charge >= 0.3 is 6.09 Å². The fourth-order valence-corrected chi connectivity index (χ4v) is 4.54. The topological polar surface area (TPSA) is 140 Å². The number of phenolic OH excluding ortho intramolecular Hbond substituents is 1. The largest absolute Gasteiger partial charge is 0.508 e. The minimum Gasteiger partial charge on any atom is -0.508 e. The summed E-state index contributed by atoms with van der Waals surface area (Å²) in [5.41, 5.74) is 8.19. The van der Waals surface area contributed by atoms with Crippen LogP contribution in [0.3, 0.4) is 0 Å². The first kappa shape index (κ1) is 29.6. The Morgan fingerprint density at radius 2 is 1.74 bits per heavy atom. The molecule has 4 N–H and O–H groups in total. The molecule has 1 aliphatic heterocycles. The van der Waals surface area contributed by atoms with Crippen molar-refractivity contribution in [3.8, 4) is 17.2 Å². The number of phenols is 1. The maximum atomic E-state index is 13.9. The van der Waals surface area contributed by atoms with Crippen LogP contribution in [0.15, 0.2) is 30.3 Å². The lowest BCUT2D eigenvalue weighted by atomic mass is 9.95. The summed E-state index contributed by atoms with van der Waals surface area (Å²) in [7, 11) is 0. The van der Waals surface area contributed by atoms with E-state index in [4.69, 9.17) is 19.9 Å². The molecule has 0 spiro atoms. The third-order valence-electron chi connectivity index (χ3n) is 6.54. The molecule has 2 atom stereocenters. The number of amides is 3. The fourth-order valence-electron chi connectivity index (χ4n) is 4.54. The zero-order valence-corrected chi connectivity index (χ0v) is 23.5. The Morgan fingerprint density at radius 3 is 2.36 bits per heavy atom. The Labute approximate surface area is 229 Å². The minimum atomic E-state index is -1.03. The number of benzene rings is 2. The van der Waals surface area contributed by atoms with Gasteiger partial charge in [0.2, 0.25) is 18.6 Å². The SMILES string of the molecule is Cc1cc(O)cc(C)c1CC(NC(=O)OC(C)(C)C)C(=O)N(CCCc1ccc2c(c1)OCO2)[C@H](C)C(N)=O. The Hall–Kier alpha value is -3.95. The van der Waals surface area contributed by atoms with Crippen molar-refractivity contribution in [3.63, 3.8) is 0 Å². The number of carbonyl (C=O) groups excluding carboxylic acids is 3. The highest BCUT2D eigenvalue weighted by atomic mass is 16.7. The summed E-state index contributed by atoms with van der Waals surface area (Å²) in [6.07, 6.45) is 0.549. The lowest BCUT2D eigenvalue weighted by Gasteiger charge is -2.32. The van der Waals surface area contributed by atoms with E-state index in [-0.39, 0.29) is 25.5 Å². The molecule has 2 aromatic rings. The Kier molecular flexibility index (Phi) is 9.32. The van der Waals surface area contributed by atoms with Crippen molar-refractivity contribution in [1.82, 2.24) is 10.2 Å². The van der Waals surface area contributed by atoms with Gasteiger partial charge in [0.25, 0.3) is 0 Å². The van der Waals surface area contributed by atoms with E-state index in [1.54, 1.807) is 39.8 Å². The number of aromatic hydroxyl groups is 1. The molecule has 0 saturated carbocycles. The van der Waals surface area contributed by atoms with Gasteiger partial charge < -0.3 is 35.3 Å².